The third-order valence-electron chi connectivity index (χ3n) is 5.45. The van der Waals surface area contributed by atoms with Crippen molar-refractivity contribution in [3.05, 3.63) is 53.5 Å². The minimum Gasteiger partial charge on any atom is -0.504 e. The van der Waals surface area contributed by atoms with Gasteiger partial charge in [0.15, 0.2) is 11.5 Å². The van der Waals surface area contributed by atoms with Crippen molar-refractivity contribution >= 4 is 22.5 Å². The first kappa shape index (κ1) is 18.3. The molecule has 3 aromatic rings. The van der Waals surface area contributed by atoms with Gasteiger partial charge in [0.05, 0.1) is 5.41 Å². The Kier molecular flexibility index (Phi) is 3.93. The summed E-state index contributed by atoms with van der Waals surface area (Å²) in [4.78, 5) is 16.3. The zero-order valence-corrected chi connectivity index (χ0v) is 16.1. The number of halogens is 1. The van der Waals surface area contributed by atoms with Gasteiger partial charge >= 0.3 is 0 Å². The Balaban J connectivity index is 1.62. The Morgan fingerprint density at radius 3 is 2.43 bits per heavy atom. The minimum atomic E-state index is -1.01. The van der Waals surface area contributed by atoms with Crippen LogP contribution in [0.2, 0.25) is 0 Å². The average molecular weight is 382 g/mol. The molecule has 0 atom stereocenters. The van der Waals surface area contributed by atoms with Crippen LogP contribution in [0.4, 0.5) is 10.1 Å². The molecule has 1 aliphatic carbocycles. The fourth-order valence-corrected chi connectivity index (χ4v) is 3.53. The van der Waals surface area contributed by atoms with E-state index in [0.29, 0.717) is 18.5 Å². The van der Waals surface area contributed by atoms with E-state index in [4.69, 9.17) is 0 Å². The highest BCUT2D eigenvalue weighted by atomic mass is 19.1. The molecule has 28 heavy (non-hydrogen) atoms. The first-order chi connectivity index (χ1) is 13.1. The minimum absolute atomic E-state index is 0.0150. The summed E-state index contributed by atoms with van der Waals surface area (Å²) in [5, 5.41) is 23.0. The standard InChI is InChI=1S/C22H23FN2O3/c1-21(2,3)19-9-12-8-13(4-5-16(12)25-19)24-20(28)22(6-7-22)14-10-17(26)18(27)11-15(14)23/h4-5,8-11,25-27H,6-7H2,1-3H3,(H,24,28). The van der Waals surface area contributed by atoms with Gasteiger partial charge in [0.1, 0.15) is 5.82 Å². The van der Waals surface area contributed by atoms with Crippen LogP contribution in [-0.4, -0.2) is 21.1 Å². The lowest BCUT2D eigenvalue weighted by Gasteiger charge is -2.17. The van der Waals surface area contributed by atoms with E-state index in [1.807, 2.05) is 18.2 Å². The van der Waals surface area contributed by atoms with Crippen LogP contribution < -0.4 is 5.32 Å². The molecule has 0 aliphatic heterocycles. The molecule has 0 radical (unpaired) electrons. The molecule has 0 spiro atoms. The van der Waals surface area contributed by atoms with Crippen molar-refractivity contribution in [2.45, 2.75) is 44.4 Å². The van der Waals surface area contributed by atoms with Gasteiger partial charge in [-0.05, 0) is 43.2 Å². The molecule has 5 nitrogen and oxygen atoms in total. The number of aromatic amines is 1. The molecule has 1 heterocycles. The lowest BCUT2D eigenvalue weighted by atomic mass is 9.92. The third-order valence-corrected chi connectivity index (χ3v) is 5.45. The number of phenolic OH excluding ortho intramolecular Hbond substituents is 2. The summed E-state index contributed by atoms with van der Waals surface area (Å²) in [5.41, 5.74) is 1.80. The van der Waals surface area contributed by atoms with Crippen LogP contribution in [0.1, 0.15) is 44.9 Å². The maximum absolute atomic E-state index is 14.3. The number of aromatic nitrogens is 1. The van der Waals surface area contributed by atoms with Crippen molar-refractivity contribution in [1.29, 1.82) is 0 Å². The molecular weight excluding hydrogens is 359 g/mol. The highest BCUT2D eigenvalue weighted by molar-refractivity contribution is 6.02. The number of carbonyl (C=O) groups is 1. The summed E-state index contributed by atoms with van der Waals surface area (Å²) >= 11 is 0. The maximum atomic E-state index is 14.3. The van der Waals surface area contributed by atoms with E-state index in [1.54, 1.807) is 0 Å². The van der Waals surface area contributed by atoms with Gasteiger partial charge in [-0.3, -0.25) is 4.79 Å². The largest absolute Gasteiger partial charge is 0.504 e. The number of anilines is 1. The summed E-state index contributed by atoms with van der Waals surface area (Å²) in [7, 11) is 0. The van der Waals surface area contributed by atoms with Crippen molar-refractivity contribution in [3.63, 3.8) is 0 Å². The predicted octanol–water partition coefficient (Wildman–Crippen LogP) is 4.69. The second-order valence-corrected chi connectivity index (χ2v) is 8.59. The zero-order chi connectivity index (χ0) is 20.3. The highest BCUT2D eigenvalue weighted by Gasteiger charge is 2.53. The van der Waals surface area contributed by atoms with E-state index in [1.165, 1.54) is 0 Å². The lowest BCUT2D eigenvalue weighted by molar-refractivity contribution is -0.118. The SMILES string of the molecule is CC(C)(C)c1cc2cc(NC(=O)C3(c4cc(O)c(O)cc4F)CC3)ccc2[nH]1. The molecule has 146 valence electrons. The topological polar surface area (TPSA) is 85.3 Å². The van der Waals surface area contributed by atoms with Crippen molar-refractivity contribution in [1.82, 2.24) is 4.98 Å². The van der Waals surface area contributed by atoms with Gasteiger partial charge in [-0.15, -0.1) is 0 Å². The summed E-state index contributed by atoms with van der Waals surface area (Å²) < 4.78 is 14.3. The second-order valence-electron chi connectivity index (χ2n) is 8.59. The summed E-state index contributed by atoms with van der Waals surface area (Å²) in [5.74, 6) is -1.98. The molecule has 4 rings (SSSR count). The Morgan fingerprint density at radius 1 is 1.11 bits per heavy atom. The number of carbonyl (C=O) groups excluding carboxylic acids is 1. The second kappa shape index (κ2) is 5.99. The molecule has 4 N–H and O–H groups in total. The van der Waals surface area contributed by atoms with Gasteiger partial charge in [-0.25, -0.2) is 4.39 Å². The van der Waals surface area contributed by atoms with E-state index in [9.17, 15) is 19.4 Å². The molecule has 0 bridgehead atoms. The monoisotopic (exact) mass is 382 g/mol. The molecule has 0 saturated heterocycles. The third kappa shape index (κ3) is 2.99. The van der Waals surface area contributed by atoms with Crippen LogP contribution in [0.5, 0.6) is 11.5 Å². The molecule has 0 unspecified atom stereocenters. The van der Waals surface area contributed by atoms with E-state index in [-0.39, 0.29) is 16.9 Å². The number of benzene rings is 2. The first-order valence-corrected chi connectivity index (χ1v) is 9.27. The molecule has 1 saturated carbocycles. The van der Waals surface area contributed by atoms with Gasteiger partial charge in [0.25, 0.3) is 0 Å². The lowest BCUT2D eigenvalue weighted by Crippen LogP contribution is -2.28. The molecular formula is C22H23FN2O3. The average Bonchev–Trinajstić information content (AvgIpc) is 3.29. The first-order valence-electron chi connectivity index (χ1n) is 9.27. The number of nitrogens with one attached hydrogen (secondary N) is 2. The zero-order valence-electron chi connectivity index (χ0n) is 16.1. The Bertz CT molecular complexity index is 1090. The Labute approximate surface area is 162 Å². The van der Waals surface area contributed by atoms with Gasteiger partial charge in [0, 0.05) is 39.3 Å². The van der Waals surface area contributed by atoms with E-state index >= 15 is 0 Å². The number of hydrogen-bond donors (Lipinski definition) is 4. The summed E-state index contributed by atoms with van der Waals surface area (Å²) in [6.45, 7) is 6.37. The van der Waals surface area contributed by atoms with Crippen LogP contribution in [0.3, 0.4) is 0 Å². The van der Waals surface area contributed by atoms with E-state index < -0.39 is 22.7 Å². The van der Waals surface area contributed by atoms with Crippen molar-refractivity contribution in [2.24, 2.45) is 0 Å². The van der Waals surface area contributed by atoms with Crippen LogP contribution >= 0.6 is 0 Å². The van der Waals surface area contributed by atoms with Crippen molar-refractivity contribution < 1.29 is 19.4 Å². The molecule has 1 amide bonds. The Morgan fingerprint density at radius 2 is 1.79 bits per heavy atom. The van der Waals surface area contributed by atoms with Gasteiger partial charge < -0.3 is 20.5 Å². The van der Waals surface area contributed by atoms with Crippen LogP contribution in [0.15, 0.2) is 36.4 Å². The molecule has 2 aromatic carbocycles. The smallest absolute Gasteiger partial charge is 0.235 e. The van der Waals surface area contributed by atoms with Crippen molar-refractivity contribution in [3.8, 4) is 11.5 Å². The van der Waals surface area contributed by atoms with Crippen LogP contribution in [0, 0.1) is 5.82 Å². The number of H-pyrrole nitrogens is 1. The number of aromatic hydroxyl groups is 2. The number of fused-ring (bicyclic) bond motifs is 1. The van der Waals surface area contributed by atoms with Crippen LogP contribution in [-0.2, 0) is 15.6 Å². The number of phenols is 2. The fourth-order valence-electron chi connectivity index (χ4n) is 3.53. The van der Waals surface area contributed by atoms with E-state index in [0.717, 1.165) is 28.7 Å². The van der Waals surface area contributed by atoms with Gasteiger partial charge in [0.2, 0.25) is 5.91 Å². The van der Waals surface area contributed by atoms with Crippen LogP contribution in [0.25, 0.3) is 10.9 Å². The number of amides is 1. The number of rotatable bonds is 3. The summed E-state index contributed by atoms with van der Waals surface area (Å²) in [6, 6.07) is 9.66. The molecule has 1 aliphatic rings. The summed E-state index contributed by atoms with van der Waals surface area (Å²) in [6.07, 6.45) is 0.973. The predicted molar refractivity (Wildman–Crippen MR) is 106 cm³/mol. The molecule has 6 heteroatoms. The highest BCUT2D eigenvalue weighted by Crippen LogP contribution is 2.51. The fraction of sp³-hybridized carbons (Fsp3) is 0.318. The Hall–Kier alpha value is -3.02. The normalized spacial score (nSPS) is 15.6. The number of hydrogen-bond acceptors (Lipinski definition) is 3. The molecule has 1 fully saturated rings. The van der Waals surface area contributed by atoms with Gasteiger partial charge in [-0.1, -0.05) is 20.8 Å². The van der Waals surface area contributed by atoms with E-state index in [2.05, 4.69) is 37.1 Å². The van der Waals surface area contributed by atoms with Gasteiger partial charge in [-0.2, -0.15) is 0 Å². The molecule has 1 aromatic heterocycles. The quantitative estimate of drug-likeness (QED) is 0.496. The van der Waals surface area contributed by atoms with Crippen molar-refractivity contribution in [2.75, 3.05) is 5.32 Å². The maximum Gasteiger partial charge on any atom is 0.235 e.